The number of carboxylic acids is 1. The Morgan fingerprint density at radius 3 is 2.78 bits per heavy atom. The predicted molar refractivity (Wildman–Crippen MR) is 111 cm³/mol. The average Bonchev–Trinajstić information content (AvgIpc) is 3.01. The topological polar surface area (TPSA) is 68.0 Å². The maximum Gasteiger partial charge on any atom is 0.304 e. The first-order valence-corrected chi connectivity index (χ1v) is 10.2. The number of aliphatic carboxylic acids is 1. The molecule has 0 aliphatic heterocycles. The van der Waals surface area contributed by atoms with E-state index >= 15 is 0 Å². The van der Waals surface area contributed by atoms with E-state index in [1.807, 2.05) is 18.2 Å². The second kappa shape index (κ2) is 7.70. The molecule has 0 fully saturated rings. The largest absolute Gasteiger partial charge is 0.481 e. The van der Waals surface area contributed by atoms with Crippen LogP contribution in [0.2, 0.25) is 0 Å². The van der Waals surface area contributed by atoms with Crippen molar-refractivity contribution in [3.05, 3.63) is 64.9 Å². The molecule has 0 spiro atoms. The maximum absolute atomic E-state index is 10.9. The summed E-state index contributed by atoms with van der Waals surface area (Å²) in [5.41, 5.74) is 3.00. The monoisotopic (exact) mass is 441 g/mol. The third kappa shape index (κ3) is 3.70. The van der Waals surface area contributed by atoms with Crippen LogP contribution in [0.3, 0.4) is 0 Å². The van der Waals surface area contributed by atoms with E-state index in [4.69, 9.17) is 5.11 Å². The SMILES string of the molecule is O=C(O)CCSc1nc2cnccc2n1Cc1ccc(Br)c2ccccc12. The van der Waals surface area contributed by atoms with Crippen molar-refractivity contribution in [2.24, 2.45) is 0 Å². The molecular weight excluding hydrogens is 426 g/mol. The molecular formula is C20H16BrN3O2S. The number of benzene rings is 2. The van der Waals surface area contributed by atoms with Crippen LogP contribution in [0.15, 0.2) is 64.5 Å². The lowest BCUT2D eigenvalue weighted by atomic mass is 10.0. The Balaban J connectivity index is 1.77. The van der Waals surface area contributed by atoms with Crippen molar-refractivity contribution in [2.45, 2.75) is 18.1 Å². The molecule has 0 saturated carbocycles. The zero-order valence-electron chi connectivity index (χ0n) is 14.3. The molecule has 136 valence electrons. The van der Waals surface area contributed by atoms with Crippen molar-refractivity contribution in [3.63, 3.8) is 0 Å². The van der Waals surface area contributed by atoms with Crippen molar-refractivity contribution in [1.29, 1.82) is 0 Å². The molecule has 0 unspecified atom stereocenters. The highest BCUT2D eigenvalue weighted by Crippen LogP contribution is 2.30. The molecule has 0 aliphatic carbocycles. The summed E-state index contributed by atoms with van der Waals surface area (Å²) >= 11 is 5.09. The third-order valence-corrected chi connectivity index (χ3v) is 6.02. The van der Waals surface area contributed by atoms with Gasteiger partial charge in [-0.1, -0.05) is 58.0 Å². The Kier molecular flexibility index (Phi) is 5.13. The van der Waals surface area contributed by atoms with E-state index in [1.54, 1.807) is 12.4 Å². The lowest BCUT2D eigenvalue weighted by Crippen LogP contribution is -2.04. The van der Waals surface area contributed by atoms with Crippen molar-refractivity contribution in [3.8, 4) is 0 Å². The number of halogens is 1. The van der Waals surface area contributed by atoms with Crippen LogP contribution in [0.25, 0.3) is 21.8 Å². The van der Waals surface area contributed by atoms with E-state index in [2.05, 4.69) is 54.7 Å². The minimum Gasteiger partial charge on any atom is -0.481 e. The molecule has 0 amide bonds. The first-order chi connectivity index (χ1) is 13.1. The van der Waals surface area contributed by atoms with E-state index in [9.17, 15) is 4.79 Å². The van der Waals surface area contributed by atoms with Crippen LogP contribution in [0.4, 0.5) is 0 Å². The zero-order valence-corrected chi connectivity index (χ0v) is 16.7. The van der Waals surface area contributed by atoms with Crippen molar-refractivity contribution in [2.75, 3.05) is 5.75 Å². The van der Waals surface area contributed by atoms with E-state index in [-0.39, 0.29) is 6.42 Å². The Bertz CT molecular complexity index is 1140. The Hall–Kier alpha value is -2.38. The first kappa shape index (κ1) is 18.0. The fourth-order valence-electron chi connectivity index (χ4n) is 3.09. The fraction of sp³-hybridized carbons (Fsp3) is 0.150. The van der Waals surface area contributed by atoms with Crippen molar-refractivity contribution in [1.82, 2.24) is 14.5 Å². The lowest BCUT2D eigenvalue weighted by Gasteiger charge is -2.12. The summed E-state index contributed by atoms with van der Waals surface area (Å²) in [6.07, 6.45) is 3.60. The van der Waals surface area contributed by atoms with Gasteiger partial charge in [-0.3, -0.25) is 9.78 Å². The summed E-state index contributed by atoms with van der Waals surface area (Å²) in [6, 6.07) is 14.4. The van der Waals surface area contributed by atoms with E-state index in [1.165, 1.54) is 28.1 Å². The van der Waals surface area contributed by atoms with E-state index < -0.39 is 5.97 Å². The number of nitrogens with zero attached hydrogens (tertiary/aromatic N) is 3. The lowest BCUT2D eigenvalue weighted by molar-refractivity contribution is -0.136. The van der Waals surface area contributed by atoms with Crippen LogP contribution in [-0.2, 0) is 11.3 Å². The van der Waals surface area contributed by atoms with E-state index in [0.717, 1.165) is 20.7 Å². The molecule has 7 heteroatoms. The van der Waals surface area contributed by atoms with Gasteiger partial charge in [0.1, 0.15) is 5.52 Å². The minimum absolute atomic E-state index is 0.105. The van der Waals surface area contributed by atoms with Crippen LogP contribution in [-0.4, -0.2) is 31.4 Å². The molecule has 0 saturated heterocycles. The summed E-state index contributed by atoms with van der Waals surface area (Å²) in [4.78, 5) is 19.7. The Labute approximate surface area is 168 Å². The van der Waals surface area contributed by atoms with Crippen molar-refractivity contribution >= 4 is 55.5 Å². The summed E-state index contributed by atoms with van der Waals surface area (Å²) in [5.74, 6) is -0.321. The smallest absolute Gasteiger partial charge is 0.304 e. The molecule has 0 aliphatic rings. The molecule has 1 N–H and O–H groups in total. The minimum atomic E-state index is -0.800. The van der Waals surface area contributed by atoms with Gasteiger partial charge in [0.05, 0.1) is 24.7 Å². The van der Waals surface area contributed by atoms with E-state index in [0.29, 0.717) is 12.3 Å². The number of pyridine rings is 1. The van der Waals surface area contributed by atoms with Crippen LogP contribution in [0, 0.1) is 0 Å². The van der Waals surface area contributed by atoms with Gasteiger partial charge in [-0.15, -0.1) is 0 Å². The normalized spacial score (nSPS) is 11.3. The molecule has 2 aromatic carbocycles. The van der Waals surface area contributed by atoms with Gasteiger partial charge in [-0.2, -0.15) is 0 Å². The molecule has 2 heterocycles. The van der Waals surface area contributed by atoms with Crippen LogP contribution >= 0.6 is 27.7 Å². The Morgan fingerprint density at radius 1 is 1.15 bits per heavy atom. The zero-order chi connectivity index (χ0) is 18.8. The standard InChI is InChI=1S/C20H16BrN3O2S/c21-16-6-5-13(14-3-1-2-4-15(14)16)12-24-18-7-9-22-11-17(18)23-20(24)27-10-8-19(25)26/h1-7,9,11H,8,10,12H2,(H,25,26). The highest BCUT2D eigenvalue weighted by Gasteiger charge is 2.14. The molecule has 4 aromatic rings. The van der Waals surface area contributed by atoms with Crippen LogP contribution < -0.4 is 0 Å². The van der Waals surface area contributed by atoms with Gasteiger partial charge < -0.3 is 9.67 Å². The Morgan fingerprint density at radius 2 is 1.96 bits per heavy atom. The molecule has 2 aromatic heterocycles. The third-order valence-electron chi connectivity index (χ3n) is 4.35. The number of thioether (sulfide) groups is 1. The summed E-state index contributed by atoms with van der Waals surface area (Å²) in [6.45, 7) is 0.656. The molecule has 5 nitrogen and oxygen atoms in total. The quantitative estimate of drug-likeness (QED) is 0.428. The fourth-order valence-corrected chi connectivity index (χ4v) is 4.50. The first-order valence-electron chi connectivity index (χ1n) is 8.44. The number of aromatic nitrogens is 3. The predicted octanol–water partition coefficient (Wildman–Crippen LogP) is 4.96. The summed E-state index contributed by atoms with van der Waals surface area (Å²) in [5, 5.41) is 12.1. The summed E-state index contributed by atoms with van der Waals surface area (Å²) in [7, 11) is 0. The molecule has 0 radical (unpaired) electrons. The van der Waals surface area contributed by atoms with Gasteiger partial charge >= 0.3 is 5.97 Å². The number of rotatable bonds is 6. The highest BCUT2D eigenvalue weighted by molar-refractivity contribution is 9.10. The van der Waals surface area contributed by atoms with Crippen LogP contribution in [0.5, 0.6) is 0 Å². The highest BCUT2D eigenvalue weighted by atomic mass is 79.9. The molecule has 27 heavy (non-hydrogen) atoms. The number of carbonyl (C=O) groups is 1. The summed E-state index contributed by atoms with van der Waals surface area (Å²) < 4.78 is 3.21. The molecule has 4 rings (SSSR count). The number of fused-ring (bicyclic) bond motifs is 2. The second-order valence-corrected chi connectivity index (χ2v) is 8.01. The van der Waals surface area contributed by atoms with Gasteiger partial charge in [0.15, 0.2) is 5.16 Å². The number of hydrogen-bond donors (Lipinski definition) is 1. The van der Waals surface area contributed by atoms with Crippen molar-refractivity contribution < 1.29 is 9.90 Å². The van der Waals surface area contributed by atoms with Gasteiger partial charge in [0.2, 0.25) is 0 Å². The van der Waals surface area contributed by atoms with Gasteiger partial charge in [-0.25, -0.2) is 4.98 Å². The van der Waals surface area contributed by atoms with Gasteiger partial charge in [-0.05, 0) is 28.5 Å². The second-order valence-electron chi connectivity index (χ2n) is 6.09. The van der Waals surface area contributed by atoms with Gasteiger partial charge in [0.25, 0.3) is 0 Å². The number of carboxylic acid groups (broad SMARTS) is 1. The molecule has 0 bridgehead atoms. The maximum atomic E-state index is 10.9. The average molecular weight is 442 g/mol. The number of hydrogen-bond acceptors (Lipinski definition) is 4. The number of imidazole rings is 1. The molecule has 0 atom stereocenters. The van der Waals surface area contributed by atoms with Crippen LogP contribution in [0.1, 0.15) is 12.0 Å². The van der Waals surface area contributed by atoms with Gasteiger partial charge in [0, 0.05) is 16.4 Å².